The second-order valence-corrected chi connectivity index (χ2v) is 4.88. The molecular weight excluding hydrogens is 218 g/mol. The molecular formula is C13H11NOS. The van der Waals surface area contributed by atoms with Crippen molar-refractivity contribution in [2.45, 2.75) is 10.3 Å². The van der Waals surface area contributed by atoms with Gasteiger partial charge in [0.15, 0.2) is 0 Å². The standard InChI is InChI=1S/C13H11NOS/c15-10-7-5-9(6-8-10)13-14-11-3-1-2-4-12(11)16-13/h1-8,13-15H. The predicted molar refractivity (Wildman–Crippen MR) is 66.8 cm³/mol. The van der Waals surface area contributed by atoms with E-state index in [1.165, 1.54) is 16.1 Å². The number of phenols is 1. The zero-order chi connectivity index (χ0) is 11.0. The molecule has 2 nitrogen and oxygen atoms in total. The lowest BCUT2D eigenvalue weighted by Crippen LogP contribution is -2.00. The molecule has 1 aliphatic rings. The molecule has 0 aliphatic carbocycles. The zero-order valence-electron chi connectivity index (χ0n) is 8.55. The Labute approximate surface area is 98.3 Å². The van der Waals surface area contributed by atoms with Gasteiger partial charge in [-0.2, -0.15) is 0 Å². The van der Waals surface area contributed by atoms with Crippen LogP contribution in [0.15, 0.2) is 53.4 Å². The van der Waals surface area contributed by atoms with Crippen molar-refractivity contribution < 1.29 is 5.11 Å². The molecule has 80 valence electrons. The minimum atomic E-state index is 0.248. The average molecular weight is 229 g/mol. The van der Waals surface area contributed by atoms with Gasteiger partial charge < -0.3 is 10.4 Å². The molecule has 2 N–H and O–H groups in total. The molecule has 0 fully saturated rings. The van der Waals surface area contributed by atoms with E-state index in [2.05, 4.69) is 17.4 Å². The van der Waals surface area contributed by atoms with Crippen LogP contribution in [0.3, 0.4) is 0 Å². The molecule has 0 saturated heterocycles. The highest BCUT2D eigenvalue weighted by Crippen LogP contribution is 2.46. The van der Waals surface area contributed by atoms with Crippen LogP contribution in [-0.2, 0) is 0 Å². The highest BCUT2D eigenvalue weighted by atomic mass is 32.2. The van der Waals surface area contributed by atoms with E-state index in [0.717, 1.165) is 0 Å². The summed E-state index contributed by atoms with van der Waals surface area (Å²) in [7, 11) is 0. The van der Waals surface area contributed by atoms with E-state index in [9.17, 15) is 5.11 Å². The van der Waals surface area contributed by atoms with Crippen LogP contribution in [0.1, 0.15) is 10.9 Å². The molecule has 0 saturated carbocycles. The Bertz CT molecular complexity index is 485. The molecule has 1 heterocycles. The van der Waals surface area contributed by atoms with E-state index < -0.39 is 0 Å². The lowest BCUT2D eigenvalue weighted by atomic mass is 10.2. The van der Waals surface area contributed by atoms with Crippen LogP contribution in [0.25, 0.3) is 0 Å². The fourth-order valence-corrected chi connectivity index (χ4v) is 2.93. The number of benzene rings is 2. The Kier molecular flexibility index (Phi) is 2.26. The molecule has 16 heavy (non-hydrogen) atoms. The molecule has 2 aromatic carbocycles. The van der Waals surface area contributed by atoms with Gasteiger partial charge in [0.25, 0.3) is 0 Å². The lowest BCUT2D eigenvalue weighted by molar-refractivity contribution is 0.475. The Morgan fingerprint density at radius 1 is 1.00 bits per heavy atom. The molecule has 1 atom stereocenters. The Morgan fingerprint density at radius 2 is 1.75 bits per heavy atom. The highest BCUT2D eigenvalue weighted by molar-refractivity contribution is 8.00. The smallest absolute Gasteiger partial charge is 0.115 e. The topological polar surface area (TPSA) is 32.3 Å². The average Bonchev–Trinajstić information content (AvgIpc) is 2.73. The third-order valence-electron chi connectivity index (χ3n) is 2.61. The summed E-state index contributed by atoms with van der Waals surface area (Å²) in [4.78, 5) is 1.28. The predicted octanol–water partition coefficient (Wildman–Crippen LogP) is 3.61. The number of anilines is 1. The summed E-state index contributed by atoms with van der Waals surface area (Å²) < 4.78 is 0. The van der Waals surface area contributed by atoms with Crippen LogP contribution < -0.4 is 5.32 Å². The first kappa shape index (κ1) is 9.60. The molecule has 3 heteroatoms. The summed E-state index contributed by atoms with van der Waals surface area (Å²) in [6.45, 7) is 0. The van der Waals surface area contributed by atoms with E-state index in [0.29, 0.717) is 5.75 Å². The monoisotopic (exact) mass is 229 g/mol. The summed E-state index contributed by atoms with van der Waals surface area (Å²) in [6, 6.07) is 15.6. The largest absolute Gasteiger partial charge is 0.508 e. The van der Waals surface area contributed by atoms with Crippen LogP contribution in [-0.4, -0.2) is 5.11 Å². The molecule has 0 radical (unpaired) electrons. The van der Waals surface area contributed by atoms with E-state index in [1.807, 2.05) is 24.3 Å². The fraction of sp³-hybridized carbons (Fsp3) is 0.0769. The van der Waals surface area contributed by atoms with Crippen LogP contribution in [0.4, 0.5) is 5.69 Å². The molecule has 3 rings (SSSR count). The molecule has 2 aromatic rings. The van der Waals surface area contributed by atoms with Gasteiger partial charge >= 0.3 is 0 Å². The summed E-state index contributed by atoms with van der Waals surface area (Å²) in [5.41, 5.74) is 2.37. The first-order valence-corrected chi connectivity index (χ1v) is 6.02. The van der Waals surface area contributed by atoms with Crippen molar-refractivity contribution in [2.24, 2.45) is 0 Å². The number of thioether (sulfide) groups is 1. The number of hydrogen-bond donors (Lipinski definition) is 2. The van der Waals surface area contributed by atoms with Gasteiger partial charge in [-0.05, 0) is 29.8 Å². The number of aromatic hydroxyl groups is 1. The van der Waals surface area contributed by atoms with Crippen molar-refractivity contribution in [2.75, 3.05) is 5.32 Å². The third kappa shape index (κ3) is 1.63. The second kappa shape index (κ2) is 3.76. The maximum Gasteiger partial charge on any atom is 0.115 e. The van der Waals surface area contributed by atoms with Crippen molar-refractivity contribution in [1.29, 1.82) is 0 Å². The molecule has 1 aliphatic heterocycles. The second-order valence-electron chi connectivity index (χ2n) is 3.73. The first-order chi connectivity index (χ1) is 7.83. The van der Waals surface area contributed by atoms with E-state index in [1.54, 1.807) is 23.9 Å². The molecule has 1 unspecified atom stereocenters. The quantitative estimate of drug-likeness (QED) is 0.783. The highest BCUT2D eigenvalue weighted by Gasteiger charge is 2.21. The molecule has 0 bridgehead atoms. The van der Waals surface area contributed by atoms with Gasteiger partial charge in [0.1, 0.15) is 11.1 Å². The van der Waals surface area contributed by atoms with Crippen molar-refractivity contribution in [3.63, 3.8) is 0 Å². The van der Waals surface area contributed by atoms with Gasteiger partial charge in [-0.1, -0.05) is 36.0 Å². The van der Waals surface area contributed by atoms with Gasteiger partial charge in [-0.3, -0.25) is 0 Å². The van der Waals surface area contributed by atoms with E-state index in [4.69, 9.17) is 0 Å². The van der Waals surface area contributed by atoms with Gasteiger partial charge in [-0.15, -0.1) is 0 Å². The normalized spacial score (nSPS) is 17.9. The minimum absolute atomic E-state index is 0.248. The summed E-state index contributed by atoms with van der Waals surface area (Å²) in [5.74, 6) is 0.310. The number of phenolic OH excluding ortho intramolecular Hbond substituents is 1. The Morgan fingerprint density at radius 3 is 2.50 bits per heavy atom. The summed E-state index contributed by atoms with van der Waals surface area (Å²) in [5, 5.41) is 12.9. The number of para-hydroxylation sites is 1. The van der Waals surface area contributed by atoms with E-state index >= 15 is 0 Å². The van der Waals surface area contributed by atoms with Crippen molar-refractivity contribution in [3.05, 3.63) is 54.1 Å². The number of hydrogen-bond acceptors (Lipinski definition) is 3. The third-order valence-corrected chi connectivity index (χ3v) is 3.85. The molecule has 0 aromatic heterocycles. The van der Waals surface area contributed by atoms with Gasteiger partial charge in [0.05, 0.1) is 0 Å². The van der Waals surface area contributed by atoms with Crippen molar-refractivity contribution in [3.8, 4) is 5.75 Å². The SMILES string of the molecule is Oc1ccc(C2Nc3ccccc3S2)cc1. The minimum Gasteiger partial charge on any atom is -0.508 e. The first-order valence-electron chi connectivity index (χ1n) is 5.14. The lowest BCUT2D eigenvalue weighted by Gasteiger charge is -2.10. The van der Waals surface area contributed by atoms with Crippen LogP contribution in [0.5, 0.6) is 5.75 Å². The van der Waals surface area contributed by atoms with Gasteiger partial charge in [0, 0.05) is 10.6 Å². The Hall–Kier alpha value is -1.61. The van der Waals surface area contributed by atoms with Crippen LogP contribution in [0.2, 0.25) is 0 Å². The number of fused-ring (bicyclic) bond motifs is 1. The molecule has 0 spiro atoms. The van der Waals surface area contributed by atoms with Gasteiger partial charge in [-0.25, -0.2) is 0 Å². The Balaban J connectivity index is 1.88. The van der Waals surface area contributed by atoms with Crippen LogP contribution in [0, 0.1) is 0 Å². The van der Waals surface area contributed by atoms with Crippen LogP contribution >= 0.6 is 11.8 Å². The van der Waals surface area contributed by atoms with E-state index in [-0.39, 0.29) is 5.37 Å². The molecule has 0 amide bonds. The number of rotatable bonds is 1. The maximum absolute atomic E-state index is 9.25. The van der Waals surface area contributed by atoms with Crippen molar-refractivity contribution >= 4 is 17.4 Å². The maximum atomic E-state index is 9.25. The summed E-state index contributed by atoms with van der Waals surface area (Å²) >= 11 is 1.80. The fourth-order valence-electron chi connectivity index (χ4n) is 1.79. The summed E-state index contributed by atoms with van der Waals surface area (Å²) in [6.07, 6.45) is 0. The van der Waals surface area contributed by atoms with Gasteiger partial charge in [0.2, 0.25) is 0 Å². The number of nitrogens with one attached hydrogen (secondary N) is 1. The van der Waals surface area contributed by atoms with Crippen molar-refractivity contribution in [1.82, 2.24) is 0 Å². The zero-order valence-corrected chi connectivity index (χ0v) is 9.37.